The zero-order valence-electron chi connectivity index (χ0n) is 22.1. The summed E-state index contributed by atoms with van der Waals surface area (Å²) in [7, 11) is 0. The van der Waals surface area contributed by atoms with Gasteiger partial charge in [-0.2, -0.15) is 0 Å². The number of carbonyl (C=O) groups is 1. The van der Waals surface area contributed by atoms with Gasteiger partial charge in [0.1, 0.15) is 0 Å². The Bertz CT molecular complexity index is 1560. The maximum atomic E-state index is 13.8. The average Bonchev–Trinajstić information content (AvgIpc) is 3.58. The second-order valence-corrected chi connectivity index (χ2v) is 11.2. The van der Waals surface area contributed by atoms with E-state index in [0.29, 0.717) is 28.7 Å². The molecule has 0 radical (unpaired) electrons. The van der Waals surface area contributed by atoms with Crippen LogP contribution in [0.2, 0.25) is 5.02 Å². The van der Waals surface area contributed by atoms with E-state index >= 15 is 0 Å². The molecule has 0 spiro atoms. The van der Waals surface area contributed by atoms with Gasteiger partial charge >= 0.3 is 5.69 Å². The Kier molecular flexibility index (Phi) is 7.12. The quantitative estimate of drug-likeness (QED) is 0.363. The summed E-state index contributed by atoms with van der Waals surface area (Å²) in [6.07, 6.45) is 11.2. The van der Waals surface area contributed by atoms with E-state index < -0.39 is 0 Å². The SMILES string of the molecule is Cc1ncc(Cl)cc1C(=O)N[C@H]1CC[C@H](Cn2c(=O)n(-c3cncc(N4CCCC4)c3)c3ccccc32)CC1. The number of halogens is 1. The fraction of sp³-hybridized carbons (Fsp3) is 0.400. The summed E-state index contributed by atoms with van der Waals surface area (Å²) in [5.41, 5.74) is 4.86. The zero-order chi connectivity index (χ0) is 26.9. The lowest BCUT2D eigenvalue weighted by Gasteiger charge is -2.29. The largest absolute Gasteiger partial charge is 0.370 e. The van der Waals surface area contributed by atoms with Gasteiger partial charge in [-0.15, -0.1) is 0 Å². The topological polar surface area (TPSA) is 85.0 Å². The number of nitrogens with one attached hydrogen (secondary N) is 1. The van der Waals surface area contributed by atoms with Crippen LogP contribution in [0.4, 0.5) is 5.69 Å². The fourth-order valence-electron chi connectivity index (χ4n) is 6.07. The van der Waals surface area contributed by atoms with E-state index in [1.807, 2.05) is 42.0 Å². The molecule has 1 N–H and O–H groups in total. The molecule has 4 aromatic rings. The van der Waals surface area contributed by atoms with Crippen LogP contribution in [-0.2, 0) is 6.54 Å². The van der Waals surface area contributed by atoms with Gasteiger partial charge in [0, 0.05) is 31.9 Å². The molecule has 0 unspecified atom stereocenters. The number of anilines is 1. The number of para-hydroxylation sites is 2. The number of fused-ring (bicyclic) bond motifs is 1. The highest BCUT2D eigenvalue weighted by Crippen LogP contribution is 2.28. The van der Waals surface area contributed by atoms with Gasteiger partial charge in [-0.1, -0.05) is 23.7 Å². The predicted octanol–water partition coefficient (Wildman–Crippen LogP) is 5.13. The van der Waals surface area contributed by atoms with Crippen molar-refractivity contribution < 1.29 is 4.79 Å². The number of hydrogen-bond acceptors (Lipinski definition) is 5. The maximum absolute atomic E-state index is 13.8. The van der Waals surface area contributed by atoms with Crippen LogP contribution < -0.4 is 15.9 Å². The van der Waals surface area contributed by atoms with E-state index in [1.165, 1.54) is 12.8 Å². The second kappa shape index (κ2) is 10.8. The molecule has 1 aliphatic heterocycles. The van der Waals surface area contributed by atoms with E-state index in [9.17, 15) is 9.59 Å². The van der Waals surface area contributed by atoms with Crippen LogP contribution in [-0.4, -0.2) is 44.1 Å². The van der Waals surface area contributed by atoms with Gasteiger partial charge in [-0.3, -0.25) is 23.9 Å². The molecule has 8 nitrogen and oxygen atoms in total. The first kappa shape index (κ1) is 25.6. The standard InChI is InChI=1S/C30H33ClN6O2/c1-20-26(14-22(31)16-33-20)29(38)34-23-10-8-21(9-11-23)19-36-27-6-2-3-7-28(27)37(30(36)39)25-15-24(17-32-18-25)35-12-4-5-13-35/h2-3,6-7,14-18,21,23H,4-5,8-13,19H2,1H3,(H,34,38)/t21-,23-. The molecule has 1 amide bonds. The molecule has 6 rings (SSSR count). The van der Waals surface area contributed by atoms with Gasteiger partial charge in [-0.05, 0) is 75.6 Å². The van der Waals surface area contributed by atoms with E-state index in [4.69, 9.17) is 11.6 Å². The molecule has 9 heteroatoms. The van der Waals surface area contributed by atoms with Gasteiger partial charge in [0.2, 0.25) is 0 Å². The molecular formula is C30H33ClN6O2. The van der Waals surface area contributed by atoms with Gasteiger partial charge < -0.3 is 10.2 Å². The lowest BCUT2D eigenvalue weighted by Crippen LogP contribution is -2.39. The summed E-state index contributed by atoms with van der Waals surface area (Å²) in [6.45, 7) is 4.53. The molecule has 1 saturated heterocycles. The number of nitrogens with zero attached hydrogens (tertiary/aromatic N) is 5. The van der Waals surface area contributed by atoms with E-state index in [1.54, 1.807) is 23.0 Å². The van der Waals surface area contributed by atoms with E-state index in [2.05, 4.69) is 26.3 Å². The number of aromatic nitrogens is 4. The average molecular weight is 545 g/mol. The maximum Gasteiger partial charge on any atom is 0.333 e. The van der Waals surface area contributed by atoms with Crippen LogP contribution in [0.5, 0.6) is 0 Å². The molecule has 4 heterocycles. The first-order valence-corrected chi connectivity index (χ1v) is 14.2. The number of benzene rings is 1. The molecular weight excluding hydrogens is 512 g/mol. The Morgan fingerprint density at radius 3 is 2.49 bits per heavy atom. The van der Waals surface area contributed by atoms with Crippen molar-refractivity contribution in [1.82, 2.24) is 24.4 Å². The first-order valence-electron chi connectivity index (χ1n) is 13.8. The number of rotatable bonds is 6. The van der Waals surface area contributed by atoms with Gasteiger partial charge in [0.05, 0.1) is 51.1 Å². The number of hydrogen-bond donors (Lipinski definition) is 1. The number of carbonyl (C=O) groups excluding carboxylic acids is 1. The summed E-state index contributed by atoms with van der Waals surface area (Å²) in [6, 6.07) is 11.9. The van der Waals surface area contributed by atoms with Crippen LogP contribution >= 0.6 is 11.6 Å². The predicted molar refractivity (Wildman–Crippen MR) is 154 cm³/mol. The second-order valence-electron chi connectivity index (χ2n) is 10.8. The number of aryl methyl sites for hydroxylation is 1. The summed E-state index contributed by atoms with van der Waals surface area (Å²) >= 11 is 6.05. The van der Waals surface area contributed by atoms with E-state index in [0.717, 1.165) is 61.2 Å². The van der Waals surface area contributed by atoms with Crippen LogP contribution in [0.1, 0.15) is 54.6 Å². The number of imidazole rings is 1. The number of amides is 1. The molecule has 3 aromatic heterocycles. The minimum atomic E-state index is -0.130. The van der Waals surface area contributed by atoms with Crippen molar-refractivity contribution in [3.63, 3.8) is 0 Å². The highest BCUT2D eigenvalue weighted by molar-refractivity contribution is 6.30. The van der Waals surface area contributed by atoms with Crippen molar-refractivity contribution in [2.45, 2.75) is 58.0 Å². The molecule has 2 aliphatic rings. The highest BCUT2D eigenvalue weighted by atomic mass is 35.5. The number of pyridine rings is 2. The lowest BCUT2D eigenvalue weighted by atomic mass is 9.85. The van der Waals surface area contributed by atoms with Gasteiger partial charge in [-0.25, -0.2) is 4.79 Å². The Labute approximate surface area is 232 Å². The summed E-state index contributed by atoms with van der Waals surface area (Å²) in [5.74, 6) is 0.230. The van der Waals surface area contributed by atoms with Crippen molar-refractivity contribution >= 4 is 34.2 Å². The van der Waals surface area contributed by atoms with Crippen molar-refractivity contribution in [3.05, 3.63) is 81.8 Å². The van der Waals surface area contributed by atoms with Gasteiger partial charge in [0.25, 0.3) is 5.91 Å². The van der Waals surface area contributed by atoms with Crippen molar-refractivity contribution in [1.29, 1.82) is 0 Å². The molecule has 202 valence electrons. The smallest absolute Gasteiger partial charge is 0.333 e. The Balaban J connectivity index is 1.19. The summed E-state index contributed by atoms with van der Waals surface area (Å²) < 4.78 is 3.72. The van der Waals surface area contributed by atoms with Crippen LogP contribution in [0.15, 0.2) is 59.8 Å². The molecule has 1 aliphatic carbocycles. The minimum absolute atomic E-state index is 0.0315. The lowest BCUT2D eigenvalue weighted by molar-refractivity contribution is 0.0919. The molecule has 0 atom stereocenters. The fourth-order valence-corrected chi connectivity index (χ4v) is 6.23. The first-order chi connectivity index (χ1) is 19.0. The monoisotopic (exact) mass is 544 g/mol. The third-order valence-corrected chi connectivity index (χ3v) is 8.40. The summed E-state index contributed by atoms with van der Waals surface area (Å²) in [5, 5.41) is 3.62. The minimum Gasteiger partial charge on any atom is -0.370 e. The van der Waals surface area contributed by atoms with Crippen LogP contribution in [0.25, 0.3) is 16.7 Å². The normalized spacial score (nSPS) is 19.5. The van der Waals surface area contributed by atoms with E-state index in [-0.39, 0.29) is 17.6 Å². The van der Waals surface area contributed by atoms with Crippen LogP contribution in [0.3, 0.4) is 0 Å². The molecule has 1 saturated carbocycles. The summed E-state index contributed by atoms with van der Waals surface area (Å²) in [4.78, 5) is 37.7. The Hall–Kier alpha value is -3.65. The molecule has 0 bridgehead atoms. The van der Waals surface area contributed by atoms with Crippen molar-refractivity contribution in [2.24, 2.45) is 5.92 Å². The Morgan fingerprint density at radius 1 is 1.00 bits per heavy atom. The third-order valence-electron chi connectivity index (χ3n) is 8.20. The third kappa shape index (κ3) is 5.17. The molecule has 1 aromatic carbocycles. The highest BCUT2D eigenvalue weighted by Gasteiger charge is 2.26. The zero-order valence-corrected chi connectivity index (χ0v) is 22.9. The molecule has 39 heavy (non-hydrogen) atoms. The van der Waals surface area contributed by atoms with Crippen molar-refractivity contribution in [2.75, 3.05) is 18.0 Å². The van der Waals surface area contributed by atoms with Gasteiger partial charge in [0.15, 0.2) is 0 Å². The van der Waals surface area contributed by atoms with Crippen LogP contribution in [0, 0.1) is 12.8 Å². The Morgan fingerprint density at radius 2 is 1.72 bits per heavy atom. The molecule has 2 fully saturated rings. The van der Waals surface area contributed by atoms with Crippen molar-refractivity contribution in [3.8, 4) is 5.69 Å².